The van der Waals surface area contributed by atoms with Gasteiger partial charge in [0.25, 0.3) is 0 Å². The third kappa shape index (κ3) is 3.22. The smallest absolute Gasteiger partial charge is 0.321 e. The molecule has 3 fully saturated rings. The van der Waals surface area contributed by atoms with Crippen molar-refractivity contribution >= 4 is 27.6 Å². The zero-order valence-corrected chi connectivity index (χ0v) is 14.1. The fraction of sp³-hybridized carbons (Fsp3) is 0.467. The van der Waals surface area contributed by atoms with E-state index in [9.17, 15) is 18.0 Å². The predicted molar refractivity (Wildman–Crippen MR) is 87.7 cm³/mol. The van der Waals surface area contributed by atoms with Gasteiger partial charge < -0.3 is 15.1 Å². The predicted octanol–water partition coefficient (Wildman–Crippen LogP) is 0.419. The number of fused-ring (bicyclic) bond motifs is 4. The van der Waals surface area contributed by atoms with Gasteiger partial charge in [0.1, 0.15) is 0 Å². The third-order valence-electron chi connectivity index (χ3n) is 4.69. The van der Waals surface area contributed by atoms with Gasteiger partial charge in [-0.1, -0.05) is 0 Å². The number of nitrogens with one attached hydrogen (secondary N) is 1. The van der Waals surface area contributed by atoms with Crippen molar-refractivity contribution in [3.8, 4) is 0 Å². The summed E-state index contributed by atoms with van der Waals surface area (Å²) in [6.07, 6.45) is 1.71. The summed E-state index contributed by atoms with van der Waals surface area (Å²) in [6.45, 7) is 0.903. The summed E-state index contributed by atoms with van der Waals surface area (Å²) in [5, 5.41) is 7.78. The minimum absolute atomic E-state index is 0.0134. The van der Waals surface area contributed by atoms with Crippen LogP contribution in [0.4, 0.5) is 10.5 Å². The molecule has 3 heterocycles. The van der Waals surface area contributed by atoms with Gasteiger partial charge >= 0.3 is 6.03 Å². The Balaban J connectivity index is 1.70. The summed E-state index contributed by atoms with van der Waals surface area (Å²) in [4.78, 5) is 28.0. The molecule has 3 aliphatic heterocycles. The Morgan fingerprint density at radius 3 is 2.50 bits per heavy atom. The van der Waals surface area contributed by atoms with Crippen molar-refractivity contribution in [3.63, 3.8) is 0 Å². The first-order valence-corrected chi connectivity index (χ1v) is 9.26. The number of piperidine rings is 1. The number of benzene rings is 1. The zero-order chi connectivity index (χ0) is 17.5. The lowest BCUT2D eigenvalue weighted by molar-refractivity contribution is -0.138. The van der Waals surface area contributed by atoms with Crippen LogP contribution in [0.15, 0.2) is 29.2 Å². The van der Waals surface area contributed by atoms with E-state index in [0.29, 0.717) is 18.8 Å². The number of urea groups is 1. The number of anilines is 1. The fourth-order valence-corrected chi connectivity index (χ4v) is 3.77. The van der Waals surface area contributed by atoms with Crippen LogP contribution >= 0.6 is 0 Å². The van der Waals surface area contributed by atoms with E-state index in [0.717, 1.165) is 12.8 Å². The number of amides is 3. The van der Waals surface area contributed by atoms with E-state index in [1.807, 2.05) is 0 Å². The monoisotopic (exact) mass is 352 g/mol. The molecule has 2 bridgehead atoms. The van der Waals surface area contributed by atoms with Crippen LogP contribution in [0.5, 0.6) is 0 Å². The summed E-state index contributed by atoms with van der Waals surface area (Å²) in [5.41, 5.74) is 0.476. The number of hydrogen-bond donors (Lipinski definition) is 2. The van der Waals surface area contributed by atoms with Crippen molar-refractivity contribution in [1.82, 2.24) is 9.80 Å². The molecule has 9 heteroatoms. The number of likely N-dealkylation sites (N-methyl/N-ethyl adjacent to an activating group) is 1. The molecule has 0 unspecified atom stereocenters. The molecule has 0 spiro atoms. The summed E-state index contributed by atoms with van der Waals surface area (Å²) in [6, 6.07) is 5.41. The van der Waals surface area contributed by atoms with Gasteiger partial charge in [-0.15, -0.1) is 0 Å². The van der Waals surface area contributed by atoms with Gasteiger partial charge in [0.15, 0.2) is 0 Å². The highest BCUT2D eigenvalue weighted by Crippen LogP contribution is 2.28. The number of carbonyl (C=O) groups excluding carboxylic acids is 2. The van der Waals surface area contributed by atoms with Crippen LogP contribution in [0.25, 0.3) is 0 Å². The number of primary sulfonamides is 1. The Morgan fingerprint density at radius 1 is 1.21 bits per heavy atom. The van der Waals surface area contributed by atoms with Crippen LogP contribution < -0.4 is 10.5 Å². The lowest BCUT2D eigenvalue weighted by Gasteiger charge is -2.32. The quantitative estimate of drug-likeness (QED) is 0.803. The standard InChI is InChI=1S/C15H20N4O4S/c1-18-12-5-2-10(14(18)20)8-19(9-12)15(21)17-11-3-6-13(7-4-11)24(16,22)23/h3-4,6-7,10,12H,2,5,8-9H2,1H3,(H,17,21)(H2,16,22,23)/t10-,12+/m1/s1. The van der Waals surface area contributed by atoms with Gasteiger partial charge in [0.05, 0.1) is 10.8 Å². The molecule has 3 saturated heterocycles. The second kappa shape index (κ2) is 6.06. The first kappa shape index (κ1) is 16.7. The number of hydrogen-bond acceptors (Lipinski definition) is 4. The summed E-state index contributed by atoms with van der Waals surface area (Å²) < 4.78 is 22.5. The first-order valence-electron chi connectivity index (χ1n) is 7.71. The van der Waals surface area contributed by atoms with Crippen molar-refractivity contribution in [1.29, 1.82) is 0 Å². The van der Waals surface area contributed by atoms with Crippen LogP contribution in [-0.2, 0) is 14.8 Å². The second-order valence-electron chi connectivity index (χ2n) is 6.28. The molecule has 1 aromatic carbocycles. The highest BCUT2D eigenvalue weighted by Gasteiger charge is 2.40. The zero-order valence-electron chi connectivity index (χ0n) is 13.3. The molecular weight excluding hydrogens is 332 g/mol. The highest BCUT2D eigenvalue weighted by molar-refractivity contribution is 7.89. The van der Waals surface area contributed by atoms with Crippen molar-refractivity contribution in [3.05, 3.63) is 24.3 Å². The summed E-state index contributed by atoms with van der Waals surface area (Å²) in [7, 11) is -1.97. The Labute approximate surface area is 140 Å². The average Bonchev–Trinajstić information content (AvgIpc) is 2.81. The molecule has 4 rings (SSSR count). The van der Waals surface area contributed by atoms with Gasteiger partial charge in [0.2, 0.25) is 15.9 Å². The molecule has 3 amide bonds. The first-order chi connectivity index (χ1) is 11.3. The Morgan fingerprint density at radius 2 is 1.88 bits per heavy atom. The Hall–Kier alpha value is -2.13. The molecule has 130 valence electrons. The largest absolute Gasteiger partial charge is 0.341 e. The average molecular weight is 352 g/mol. The second-order valence-corrected chi connectivity index (χ2v) is 7.84. The highest BCUT2D eigenvalue weighted by atomic mass is 32.2. The van der Waals surface area contributed by atoms with E-state index >= 15 is 0 Å². The topological polar surface area (TPSA) is 113 Å². The molecule has 3 aliphatic rings. The van der Waals surface area contributed by atoms with Gasteiger partial charge in [-0.05, 0) is 37.1 Å². The van der Waals surface area contributed by atoms with Gasteiger partial charge in [-0.3, -0.25) is 4.79 Å². The van der Waals surface area contributed by atoms with Gasteiger partial charge in [0, 0.05) is 31.9 Å². The number of nitrogens with two attached hydrogens (primary N) is 1. The van der Waals surface area contributed by atoms with E-state index in [1.165, 1.54) is 24.3 Å². The molecular formula is C15H20N4O4S. The number of sulfonamides is 1. The lowest BCUT2D eigenvalue weighted by atomic mass is 9.95. The van der Waals surface area contributed by atoms with E-state index < -0.39 is 10.0 Å². The van der Waals surface area contributed by atoms with Crippen LogP contribution in [0, 0.1) is 5.92 Å². The van der Waals surface area contributed by atoms with Crippen molar-refractivity contribution < 1.29 is 18.0 Å². The molecule has 24 heavy (non-hydrogen) atoms. The normalized spacial score (nSPS) is 24.0. The minimum Gasteiger partial charge on any atom is -0.341 e. The molecule has 0 aliphatic carbocycles. The molecule has 1 aromatic rings. The summed E-state index contributed by atoms with van der Waals surface area (Å²) >= 11 is 0. The maximum atomic E-state index is 12.5. The van der Waals surface area contributed by atoms with E-state index in [-0.39, 0.29) is 28.8 Å². The van der Waals surface area contributed by atoms with Gasteiger partial charge in [-0.2, -0.15) is 0 Å². The fourth-order valence-electron chi connectivity index (χ4n) is 3.25. The molecule has 0 radical (unpaired) electrons. The SMILES string of the molecule is CN1C(=O)[C@@H]2CC[C@H]1CN(C(=O)Nc1ccc(S(N)(=O)=O)cc1)C2. The number of carbonyl (C=O) groups is 2. The lowest BCUT2D eigenvalue weighted by Crippen LogP contribution is -2.45. The van der Waals surface area contributed by atoms with Crippen molar-refractivity contribution in [2.24, 2.45) is 11.1 Å². The Bertz CT molecular complexity index is 762. The van der Waals surface area contributed by atoms with E-state index in [2.05, 4.69) is 5.32 Å². The van der Waals surface area contributed by atoms with Gasteiger partial charge in [-0.25, -0.2) is 18.4 Å². The van der Waals surface area contributed by atoms with Crippen molar-refractivity contribution in [2.75, 3.05) is 25.5 Å². The molecule has 2 atom stereocenters. The van der Waals surface area contributed by atoms with Crippen molar-refractivity contribution in [2.45, 2.75) is 23.8 Å². The molecule has 8 nitrogen and oxygen atoms in total. The summed E-state index contributed by atoms with van der Waals surface area (Å²) in [5.74, 6) is -0.0525. The maximum Gasteiger partial charge on any atom is 0.321 e. The minimum atomic E-state index is -3.76. The van der Waals surface area contributed by atoms with Crippen LogP contribution in [0.3, 0.4) is 0 Å². The van der Waals surface area contributed by atoms with E-state index in [4.69, 9.17) is 5.14 Å². The maximum absolute atomic E-state index is 12.5. The molecule has 0 saturated carbocycles. The van der Waals surface area contributed by atoms with Crippen LogP contribution in [-0.4, -0.2) is 56.3 Å². The third-order valence-corrected chi connectivity index (χ3v) is 5.62. The molecule has 0 aromatic heterocycles. The molecule has 3 N–H and O–H groups in total. The van der Waals surface area contributed by atoms with Crippen LogP contribution in [0.2, 0.25) is 0 Å². The van der Waals surface area contributed by atoms with Crippen LogP contribution in [0.1, 0.15) is 12.8 Å². The van der Waals surface area contributed by atoms with E-state index in [1.54, 1.807) is 16.8 Å². The Kier molecular flexibility index (Phi) is 4.22. The number of rotatable bonds is 2. The number of nitrogens with zero attached hydrogens (tertiary/aromatic N) is 2.